The zero-order valence-electron chi connectivity index (χ0n) is 12.0. The number of nitrogens with zero attached hydrogens (tertiary/aromatic N) is 1. The fraction of sp³-hybridized carbons (Fsp3) is 0.722. The van der Waals surface area contributed by atoms with E-state index in [2.05, 4.69) is 12.1 Å². The maximum absolute atomic E-state index is 6.77. The van der Waals surface area contributed by atoms with E-state index in [9.17, 15) is 0 Å². The maximum atomic E-state index is 6.77. The molecule has 20 heavy (non-hydrogen) atoms. The summed E-state index contributed by atoms with van der Waals surface area (Å²) >= 11 is 0. The molecule has 0 aromatic carbocycles. The largest absolute Gasteiger partial charge is 0.327 e. The second-order valence-electron chi connectivity index (χ2n) is 7.69. The van der Waals surface area contributed by atoms with Crippen molar-refractivity contribution >= 4 is 0 Å². The maximum Gasteiger partial charge on any atom is 0.0481 e. The van der Waals surface area contributed by atoms with Gasteiger partial charge in [0.25, 0.3) is 0 Å². The molecule has 6 atom stereocenters. The standard InChI is InChI=1S/C18H24N2/c19-17(16-14-11-6-7-12(9-11)15(14)16)13-5-1-3-10-4-2-8-20-18(10)13/h2,4,8,11-17H,1,3,5-7,9,19H2. The Hall–Kier alpha value is -0.890. The van der Waals surface area contributed by atoms with Gasteiger partial charge < -0.3 is 5.73 Å². The third kappa shape index (κ3) is 1.46. The summed E-state index contributed by atoms with van der Waals surface area (Å²) in [6.07, 6.45) is 10.2. The molecular formula is C18H24N2. The highest BCUT2D eigenvalue weighted by Crippen LogP contribution is 2.71. The molecule has 6 unspecified atom stereocenters. The van der Waals surface area contributed by atoms with E-state index in [1.54, 1.807) is 0 Å². The van der Waals surface area contributed by atoms with Crippen LogP contribution in [-0.2, 0) is 6.42 Å². The van der Waals surface area contributed by atoms with E-state index in [1.165, 1.54) is 49.8 Å². The molecule has 3 saturated carbocycles. The Labute approximate surface area is 121 Å². The van der Waals surface area contributed by atoms with Gasteiger partial charge in [0, 0.05) is 23.9 Å². The first-order valence-corrected chi connectivity index (χ1v) is 8.54. The first-order valence-electron chi connectivity index (χ1n) is 8.54. The number of aryl methyl sites for hydroxylation is 1. The van der Waals surface area contributed by atoms with Gasteiger partial charge >= 0.3 is 0 Å². The van der Waals surface area contributed by atoms with Crippen molar-refractivity contribution in [1.29, 1.82) is 0 Å². The third-order valence-corrected chi connectivity index (χ3v) is 6.94. The highest BCUT2D eigenvalue weighted by atomic mass is 14.8. The van der Waals surface area contributed by atoms with Gasteiger partial charge in [0.05, 0.1) is 0 Å². The summed E-state index contributed by atoms with van der Waals surface area (Å²) in [4.78, 5) is 4.70. The van der Waals surface area contributed by atoms with E-state index >= 15 is 0 Å². The Balaban J connectivity index is 1.42. The molecule has 0 amide bonds. The molecular weight excluding hydrogens is 244 g/mol. The second-order valence-corrected chi connectivity index (χ2v) is 7.69. The van der Waals surface area contributed by atoms with Crippen LogP contribution in [-0.4, -0.2) is 11.0 Å². The fourth-order valence-electron chi connectivity index (χ4n) is 6.20. The number of pyridine rings is 1. The topological polar surface area (TPSA) is 38.9 Å². The van der Waals surface area contributed by atoms with E-state index in [-0.39, 0.29) is 0 Å². The monoisotopic (exact) mass is 268 g/mol. The lowest BCUT2D eigenvalue weighted by Crippen LogP contribution is -2.35. The van der Waals surface area contributed by atoms with Crippen molar-refractivity contribution in [3.05, 3.63) is 29.6 Å². The molecule has 0 spiro atoms. The molecule has 4 aliphatic rings. The summed E-state index contributed by atoms with van der Waals surface area (Å²) in [5, 5.41) is 0. The van der Waals surface area contributed by atoms with E-state index < -0.39 is 0 Å². The van der Waals surface area contributed by atoms with Crippen LogP contribution in [0.25, 0.3) is 0 Å². The van der Waals surface area contributed by atoms with Crippen LogP contribution in [0.4, 0.5) is 0 Å². The zero-order valence-corrected chi connectivity index (χ0v) is 12.0. The smallest absolute Gasteiger partial charge is 0.0481 e. The van der Waals surface area contributed by atoms with Gasteiger partial charge in [0.15, 0.2) is 0 Å². The molecule has 3 fully saturated rings. The molecule has 0 saturated heterocycles. The predicted molar refractivity (Wildman–Crippen MR) is 79.2 cm³/mol. The summed E-state index contributed by atoms with van der Waals surface area (Å²) in [5.74, 6) is 5.44. The molecule has 106 valence electrons. The van der Waals surface area contributed by atoms with Gasteiger partial charge in [-0.15, -0.1) is 0 Å². The molecule has 2 bridgehead atoms. The number of nitrogens with two attached hydrogens (primary N) is 1. The Morgan fingerprint density at radius 1 is 1.15 bits per heavy atom. The molecule has 2 nitrogen and oxygen atoms in total. The van der Waals surface area contributed by atoms with Gasteiger partial charge in [-0.2, -0.15) is 0 Å². The number of hydrogen-bond acceptors (Lipinski definition) is 2. The van der Waals surface area contributed by atoms with Crippen molar-refractivity contribution in [3.63, 3.8) is 0 Å². The van der Waals surface area contributed by atoms with Crippen molar-refractivity contribution in [2.45, 2.75) is 50.5 Å². The Bertz CT molecular complexity index is 524. The number of fused-ring (bicyclic) bond motifs is 6. The molecule has 0 radical (unpaired) electrons. The predicted octanol–water partition coefficient (Wildman–Crippen LogP) is 3.12. The number of rotatable bonds is 2. The lowest BCUT2D eigenvalue weighted by Gasteiger charge is -2.30. The van der Waals surface area contributed by atoms with Crippen LogP contribution in [0.2, 0.25) is 0 Å². The van der Waals surface area contributed by atoms with Crippen LogP contribution in [0.1, 0.15) is 49.3 Å². The minimum Gasteiger partial charge on any atom is -0.327 e. The summed E-state index contributed by atoms with van der Waals surface area (Å²) in [5.41, 5.74) is 9.57. The van der Waals surface area contributed by atoms with E-state index in [0.717, 1.165) is 29.6 Å². The average molecular weight is 268 g/mol. The van der Waals surface area contributed by atoms with Gasteiger partial charge in [-0.05, 0) is 79.7 Å². The lowest BCUT2D eigenvalue weighted by molar-refractivity contribution is 0.348. The van der Waals surface area contributed by atoms with Crippen LogP contribution in [0.15, 0.2) is 18.3 Å². The SMILES string of the molecule is NC(C1CCCc2cccnc21)C1C2C3CCC(C3)C21. The molecule has 5 rings (SSSR count). The Morgan fingerprint density at radius 3 is 2.75 bits per heavy atom. The molecule has 2 heteroatoms. The fourth-order valence-corrected chi connectivity index (χ4v) is 6.20. The average Bonchev–Trinajstić information content (AvgIpc) is 2.93. The minimum atomic E-state index is 0.377. The van der Waals surface area contributed by atoms with Crippen LogP contribution in [0.3, 0.4) is 0 Å². The molecule has 1 aromatic rings. The molecule has 1 aromatic heterocycles. The van der Waals surface area contributed by atoms with E-state index in [4.69, 9.17) is 10.7 Å². The lowest BCUT2D eigenvalue weighted by atomic mass is 9.79. The second kappa shape index (κ2) is 4.07. The first-order chi connectivity index (χ1) is 9.84. The molecule has 0 aliphatic heterocycles. The summed E-state index contributed by atoms with van der Waals surface area (Å²) in [6, 6.07) is 4.72. The van der Waals surface area contributed by atoms with Gasteiger partial charge in [0.1, 0.15) is 0 Å². The number of hydrogen-bond donors (Lipinski definition) is 1. The van der Waals surface area contributed by atoms with E-state index in [0.29, 0.717) is 12.0 Å². The summed E-state index contributed by atoms with van der Waals surface area (Å²) < 4.78 is 0. The molecule has 2 N–H and O–H groups in total. The van der Waals surface area contributed by atoms with Crippen LogP contribution < -0.4 is 5.73 Å². The van der Waals surface area contributed by atoms with Crippen molar-refractivity contribution in [2.24, 2.45) is 35.3 Å². The van der Waals surface area contributed by atoms with Crippen LogP contribution in [0.5, 0.6) is 0 Å². The third-order valence-electron chi connectivity index (χ3n) is 6.94. The Morgan fingerprint density at radius 2 is 1.95 bits per heavy atom. The first kappa shape index (κ1) is 11.7. The van der Waals surface area contributed by atoms with Gasteiger partial charge in [-0.25, -0.2) is 0 Å². The normalized spacial score (nSPS) is 45.9. The summed E-state index contributed by atoms with van der Waals surface area (Å²) in [6.45, 7) is 0. The highest BCUT2D eigenvalue weighted by Gasteiger charge is 2.66. The highest BCUT2D eigenvalue weighted by molar-refractivity contribution is 5.29. The van der Waals surface area contributed by atoms with Gasteiger partial charge in [0.2, 0.25) is 0 Å². The zero-order chi connectivity index (χ0) is 13.3. The Kier molecular flexibility index (Phi) is 2.39. The van der Waals surface area contributed by atoms with Crippen molar-refractivity contribution in [1.82, 2.24) is 4.98 Å². The minimum absolute atomic E-state index is 0.377. The molecule has 1 heterocycles. The van der Waals surface area contributed by atoms with Gasteiger partial charge in [-0.3, -0.25) is 4.98 Å². The quantitative estimate of drug-likeness (QED) is 0.895. The molecule has 4 aliphatic carbocycles. The van der Waals surface area contributed by atoms with E-state index in [1.807, 2.05) is 6.20 Å². The van der Waals surface area contributed by atoms with Gasteiger partial charge in [-0.1, -0.05) is 6.07 Å². The number of aromatic nitrogens is 1. The van der Waals surface area contributed by atoms with Crippen LogP contribution in [0, 0.1) is 29.6 Å². The van der Waals surface area contributed by atoms with Crippen LogP contribution >= 0.6 is 0 Å². The van der Waals surface area contributed by atoms with Crippen molar-refractivity contribution in [2.75, 3.05) is 0 Å². The summed E-state index contributed by atoms with van der Waals surface area (Å²) in [7, 11) is 0. The van der Waals surface area contributed by atoms with Crippen molar-refractivity contribution < 1.29 is 0 Å². The van der Waals surface area contributed by atoms with Crippen molar-refractivity contribution in [3.8, 4) is 0 Å².